The zero-order valence-electron chi connectivity index (χ0n) is 12.3. The number of hydrogen-bond donors (Lipinski definition) is 1. The minimum atomic E-state index is -0.367. The van der Waals surface area contributed by atoms with E-state index in [1.54, 1.807) is 18.2 Å². The fourth-order valence-corrected chi connectivity index (χ4v) is 1.97. The second-order valence-corrected chi connectivity index (χ2v) is 4.84. The third kappa shape index (κ3) is 5.12. The van der Waals surface area contributed by atoms with Crippen LogP contribution in [0.2, 0.25) is 5.02 Å². The van der Waals surface area contributed by atoms with Crippen LogP contribution in [0.1, 0.15) is 5.56 Å². The zero-order valence-corrected chi connectivity index (χ0v) is 13.0. The summed E-state index contributed by atoms with van der Waals surface area (Å²) < 4.78 is 0. The van der Waals surface area contributed by atoms with Gasteiger partial charge in [0.1, 0.15) is 11.6 Å². The smallest absolute Gasteiger partial charge is 0.266 e. The Hall–Kier alpha value is -2.51. The van der Waals surface area contributed by atoms with Crippen LogP contribution in [0.3, 0.4) is 0 Å². The van der Waals surface area contributed by atoms with E-state index >= 15 is 0 Å². The number of benzene rings is 1. The number of nitrogens with zero attached hydrogens (tertiary/aromatic N) is 2. The predicted molar refractivity (Wildman–Crippen MR) is 89.0 cm³/mol. The lowest BCUT2D eigenvalue weighted by Crippen LogP contribution is -2.32. The average Bonchev–Trinajstić information content (AvgIpc) is 2.52. The van der Waals surface area contributed by atoms with Crippen molar-refractivity contribution < 1.29 is 4.79 Å². The third-order valence-corrected chi connectivity index (χ3v) is 3.20. The first-order valence-corrected chi connectivity index (χ1v) is 7.10. The largest absolute Gasteiger partial charge is 0.386 e. The molecule has 0 aliphatic heterocycles. The summed E-state index contributed by atoms with van der Waals surface area (Å²) in [5, 5.41) is 12.7. The molecule has 22 heavy (non-hydrogen) atoms. The Bertz CT molecular complexity index is 607. The molecular weight excluding hydrogens is 298 g/mol. The Kier molecular flexibility index (Phi) is 7.52. The van der Waals surface area contributed by atoms with Crippen molar-refractivity contribution in [1.29, 1.82) is 5.26 Å². The molecule has 0 atom stereocenters. The summed E-state index contributed by atoms with van der Waals surface area (Å²) in [5.41, 5.74) is 0.912. The van der Waals surface area contributed by atoms with Crippen LogP contribution < -0.4 is 5.32 Å². The molecule has 0 saturated carbocycles. The van der Waals surface area contributed by atoms with E-state index in [0.29, 0.717) is 24.7 Å². The first-order valence-electron chi connectivity index (χ1n) is 6.72. The summed E-state index contributed by atoms with van der Waals surface area (Å²) in [5.74, 6) is -0.367. The van der Waals surface area contributed by atoms with Crippen molar-refractivity contribution in [1.82, 2.24) is 10.2 Å². The average molecular weight is 316 g/mol. The van der Waals surface area contributed by atoms with E-state index < -0.39 is 0 Å². The Morgan fingerprint density at radius 2 is 1.95 bits per heavy atom. The van der Waals surface area contributed by atoms with E-state index in [4.69, 9.17) is 16.9 Å². The molecule has 1 amide bonds. The minimum absolute atomic E-state index is 0.0238. The molecule has 114 valence electrons. The molecule has 1 aromatic rings. The fourth-order valence-electron chi connectivity index (χ4n) is 1.77. The Balaban J connectivity index is 2.75. The van der Waals surface area contributed by atoms with Crippen molar-refractivity contribution in [2.45, 2.75) is 6.54 Å². The van der Waals surface area contributed by atoms with Gasteiger partial charge in [-0.05, 0) is 11.6 Å². The first-order chi connectivity index (χ1) is 10.6. The van der Waals surface area contributed by atoms with Gasteiger partial charge in [-0.25, -0.2) is 0 Å². The van der Waals surface area contributed by atoms with Crippen molar-refractivity contribution in [3.63, 3.8) is 0 Å². The second-order valence-electron chi connectivity index (χ2n) is 4.43. The maximum Gasteiger partial charge on any atom is 0.266 e. The molecule has 5 heteroatoms. The number of carbonyl (C=O) groups is 1. The van der Waals surface area contributed by atoms with E-state index in [9.17, 15) is 4.79 Å². The highest BCUT2D eigenvalue weighted by Crippen LogP contribution is 2.14. The zero-order chi connectivity index (χ0) is 16.4. The number of hydrogen-bond acceptors (Lipinski definition) is 3. The van der Waals surface area contributed by atoms with Gasteiger partial charge in [-0.3, -0.25) is 4.79 Å². The van der Waals surface area contributed by atoms with E-state index in [1.807, 2.05) is 24.3 Å². The molecule has 0 bridgehead atoms. The first kappa shape index (κ1) is 17.5. The maximum atomic E-state index is 12.2. The molecular formula is C17H18ClN3O. The SMILES string of the molecule is C=CCN(CC=C)C(=O)/C(C#N)=C\NCc1ccccc1Cl. The topological polar surface area (TPSA) is 56.1 Å². The molecule has 1 N–H and O–H groups in total. The molecule has 4 nitrogen and oxygen atoms in total. The highest BCUT2D eigenvalue weighted by atomic mass is 35.5. The van der Waals surface area contributed by atoms with E-state index in [2.05, 4.69) is 18.5 Å². The van der Waals surface area contributed by atoms with Crippen LogP contribution in [0, 0.1) is 11.3 Å². The van der Waals surface area contributed by atoms with Gasteiger partial charge >= 0.3 is 0 Å². The monoisotopic (exact) mass is 315 g/mol. The lowest BCUT2D eigenvalue weighted by Gasteiger charge is -2.18. The van der Waals surface area contributed by atoms with Gasteiger partial charge in [0.05, 0.1) is 0 Å². The van der Waals surface area contributed by atoms with Gasteiger partial charge in [-0.2, -0.15) is 5.26 Å². The summed E-state index contributed by atoms with van der Waals surface area (Å²) in [6.07, 6.45) is 4.62. The van der Waals surface area contributed by atoms with Crippen molar-refractivity contribution in [2.75, 3.05) is 13.1 Å². The molecule has 0 spiro atoms. The van der Waals surface area contributed by atoms with Crippen LogP contribution in [-0.4, -0.2) is 23.9 Å². The number of nitriles is 1. The minimum Gasteiger partial charge on any atom is -0.386 e. The van der Waals surface area contributed by atoms with Crippen molar-refractivity contribution in [3.8, 4) is 6.07 Å². The van der Waals surface area contributed by atoms with Crippen molar-refractivity contribution in [3.05, 3.63) is 71.9 Å². The summed E-state index contributed by atoms with van der Waals surface area (Å²) in [6, 6.07) is 9.28. The van der Waals surface area contributed by atoms with Gasteiger partial charge in [0, 0.05) is 30.9 Å². The Morgan fingerprint density at radius 3 is 2.50 bits per heavy atom. The van der Waals surface area contributed by atoms with Gasteiger partial charge < -0.3 is 10.2 Å². The molecule has 0 saturated heterocycles. The molecule has 0 heterocycles. The van der Waals surface area contributed by atoms with Crippen molar-refractivity contribution >= 4 is 17.5 Å². The summed E-state index contributed by atoms with van der Waals surface area (Å²) in [4.78, 5) is 13.7. The Labute approximate surface area is 136 Å². The fraction of sp³-hybridized carbons (Fsp3) is 0.176. The molecule has 1 rings (SSSR count). The second kappa shape index (κ2) is 9.43. The number of carbonyl (C=O) groups excluding carboxylic acids is 1. The van der Waals surface area contributed by atoms with E-state index in [0.717, 1.165) is 5.56 Å². The number of amides is 1. The standard InChI is InChI=1S/C17H18ClN3O/c1-3-9-21(10-4-2)17(22)15(11-19)13-20-12-14-7-5-6-8-16(14)18/h3-8,13,20H,1-2,9-10,12H2/b15-13-. The molecule has 0 aliphatic carbocycles. The molecule has 0 unspecified atom stereocenters. The molecule has 0 radical (unpaired) electrons. The molecule has 0 aromatic heterocycles. The van der Waals surface area contributed by atoms with Crippen LogP contribution in [0.5, 0.6) is 0 Å². The van der Waals surface area contributed by atoms with Gasteiger partial charge in [0.2, 0.25) is 0 Å². The number of rotatable bonds is 8. The van der Waals surface area contributed by atoms with Crippen LogP contribution in [0.15, 0.2) is 61.3 Å². The maximum absolute atomic E-state index is 12.2. The lowest BCUT2D eigenvalue weighted by molar-refractivity contribution is -0.125. The van der Waals surface area contributed by atoms with Crippen LogP contribution in [0.25, 0.3) is 0 Å². The van der Waals surface area contributed by atoms with Gasteiger partial charge in [-0.1, -0.05) is 42.0 Å². The van der Waals surface area contributed by atoms with Gasteiger partial charge in [0.15, 0.2) is 0 Å². The lowest BCUT2D eigenvalue weighted by atomic mass is 10.2. The summed E-state index contributed by atoms with van der Waals surface area (Å²) in [7, 11) is 0. The Morgan fingerprint density at radius 1 is 1.32 bits per heavy atom. The molecule has 0 fully saturated rings. The highest BCUT2D eigenvalue weighted by Gasteiger charge is 2.15. The van der Waals surface area contributed by atoms with Crippen LogP contribution in [0.4, 0.5) is 0 Å². The van der Waals surface area contributed by atoms with Gasteiger partial charge in [0.25, 0.3) is 5.91 Å². The molecule has 1 aromatic carbocycles. The van der Waals surface area contributed by atoms with E-state index in [-0.39, 0.29) is 11.5 Å². The third-order valence-electron chi connectivity index (χ3n) is 2.83. The van der Waals surface area contributed by atoms with Crippen LogP contribution in [-0.2, 0) is 11.3 Å². The van der Waals surface area contributed by atoms with Crippen LogP contribution >= 0.6 is 11.6 Å². The normalized spacial score (nSPS) is 10.5. The number of halogens is 1. The summed E-state index contributed by atoms with van der Waals surface area (Å²) >= 11 is 6.05. The van der Waals surface area contributed by atoms with Gasteiger partial charge in [-0.15, -0.1) is 13.2 Å². The quantitative estimate of drug-likeness (QED) is 0.456. The predicted octanol–water partition coefficient (Wildman–Crippen LogP) is 3.04. The number of nitrogens with one attached hydrogen (secondary N) is 1. The highest BCUT2D eigenvalue weighted by molar-refractivity contribution is 6.31. The molecule has 0 aliphatic rings. The summed E-state index contributed by atoms with van der Waals surface area (Å²) in [6.45, 7) is 8.34. The van der Waals surface area contributed by atoms with Crippen molar-refractivity contribution in [2.24, 2.45) is 0 Å². The van der Waals surface area contributed by atoms with E-state index in [1.165, 1.54) is 11.1 Å².